The first-order chi connectivity index (χ1) is 10.8. The molecule has 0 aliphatic heterocycles. The lowest BCUT2D eigenvalue weighted by molar-refractivity contribution is 0.115. The van der Waals surface area contributed by atoms with E-state index in [1.807, 2.05) is 29.2 Å². The van der Waals surface area contributed by atoms with Gasteiger partial charge in [0.15, 0.2) is 10.9 Å². The van der Waals surface area contributed by atoms with Crippen molar-refractivity contribution in [1.29, 1.82) is 0 Å². The highest BCUT2D eigenvalue weighted by molar-refractivity contribution is 7.15. The monoisotopic (exact) mass is 321 g/mol. The van der Waals surface area contributed by atoms with Gasteiger partial charge in [0.25, 0.3) is 0 Å². The number of fused-ring (bicyclic) bond motifs is 1. The third-order valence-corrected chi connectivity index (χ3v) is 4.54. The fourth-order valence-corrected chi connectivity index (χ4v) is 2.98. The Kier molecular flexibility index (Phi) is 4.94. The highest BCUT2D eigenvalue weighted by atomic mass is 32.1. The van der Waals surface area contributed by atoms with Gasteiger partial charge >= 0.3 is 0 Å². The second-order valence-electron chi connectivity index (χ2n) is 5.67. The van der Waals surface area contributed by atoms with E-state index in [0.717, 1.165) is 42.3 Å². The summed E-state index contributed by atoms with van der Waals surface area (Å²) in [5.74, 6) is 1.68. The normalized spacial score (nSPS) is 15.5. The number of likely N-dealkylation sites (N-methyl/N-ethyl adjacent to an activating group) is 1. The minimum absolute atomic E-state index is 0.675. The Balaban J connectivity index is 1.42. The minimum atomic E-state index is 0.675. The van der Waals surface area contributed by atoms with Crippen LogP contribution in [0.5, 0.6) is 0 Å². The fourth-order valence-electron chi connectivity index (χ4n) is 2.26. The summed E-state index contributed by atoms with van der Waals surface area (Å²) in [5.41, 5.74) is 1.02. The lowest BCUT2D eigenvalue weighted by atomic mass is 10.4. The first kappa shape index (κ1) is 15.3. The predicted molar refractivity (Wildman–Crippen MR) is 89.4 cm³/mol. The molecule has 0 aromatic carbocycles. The van der Waals surface area contributed by atoms with Gasteiger partial charge in [-0.1, -0.05) is 0 Å². The molecular weight excluding hydrogens is 298 g/mol. The number of guanidine groups is 1. The molecule has 1 aliphatic rings. The average Bonchev–Trinajstić information content (AvgIpc) is 3.10. The molecule has 2 heterocycles. The van der Waals surface area contributed by atoms with Crippen molar-refractivity contribution in [3.63, 3.8) is 0 Å². The molecule has 0 radical (unpaired) electrons. The molecule has 7 heteroatoms. The van der Waals surface area contributed by atoms with E-state index < -0.39 is 0 Å². The SMILES string of the molecule is CN=C(NCc1cn2ccsc2n1)N(C)CCOCC1CC1. The van der Waals surface area contributed by atoms with Crippen LogP contribution in [0, 0.1) is 5.92 Å². The second kappa shape index (κ2) is 7.11. The number of hydrogen-bond acceptors (Lipinski definition) is 4. The maximum Gasteiger partial charge on any atom is 0.193 e. The zero-order chi connectivity index (χ0) is 15.4. The lowest BCUT2D eigenvalue weighted by Crippen LogP contribution is -2.40. The van der Waals surface area contributed by atoms with E-state index in [2.05, 4.69) is 20.2 Å². The van der Waals surface area contributed by atoms with Crippen molar-refractivity contribution in [1.82, 2.24) is 19.6 Å². The van der Waals surface area contributed by atoms with Gasteiger partial charge in [-0.05, 0) is 18.8 Å². The van der Waals surface area contributed by atoms with Crippen molar-refractivity contribution < 1.29 is 4.74 Å². The Labute approximate surface area is 134 Å². The van der Waals surface area contributed by atoms with Gasteiger partial charge in [0.05, 0.1) is 18.8 Å². The van der Waals surface area contributed by atoms with Crippen molar-refractivity contribution in [2.75, 3.05) is 33.9 Å². The molecular formula is C15H23N5OS. The topological polar surface area (TPSA) is 54.2 Å². The van der Waals surface area contributed by atoms with Crippen LogP contribution in [0.2, 0.25) is 0 Å². The maximum atomic E-state index is 5.68. The number of aliphatic imine (C=N–C) groups is 1. The maximum absolute atomic E-state index is 5.68. The number of hydrogen-bond donors (Lipinski definition) is 1. The summed E-state index contributed by atoms with van der Waals surface area (Å²) in [6.07, 6.45) is 6.74. The van der Waals surface area contributed by atoms with Gasteiger partial charge < -0.3 is 15.0 Å². The third-order valence-electron chi connectivity index (χ3n) is 3.77. The van der Waals surface area contributed by atoms with Crippen LogP contribution in [-0.2, 0) is 11.3 Å². The molecule has 3 rings (SSSR count). The highest BCUT2D eigenvalue weighted by Crippen LogP contribution is 2.28. The van der Waals surface area contributed by atoms with Gasteiger partial charge in [-0.15, -0.1) is 11.3 Å². The lowest BCUT2D eigenvalue weighted by Gasteiger charge is -2.21. The van der Waals surface area contributed by atoms with Crippen LogP contribution in [0.1, 0.15) is 18.5 Å². The molecule has 0 saturated heterocycles. The van der Waals surface area contributed by atoms with Gasteiger partial charge in [0, 0.05) is 45.0 Å². The molecule has 1 fully saturated rings. The summed E-state index contributed by atoms with van der Waals surface area (Å²) in [7, 11) is 3.83. The van der Waals surface area contributed by atoms with E-state index in [4.69, 9.17) is 4.74 Å². The first-order valence-corrected chi connectivity index (χ1v) is 8.55. The van der Waals surface area contributed by atoms with Crippen molar-refractivity contribution in [3.8, 4) is 0 Å². The number of aromatic nitrogens is 2. The summed E-state index contributed by atoms with van der Waals surface area (Å²) in [6.45, 7) is 3.16. The van der Waals surface area contributed by atoms with Gasteiger partial charge in [-0.2, -0.15) is 0 Å². The first-order valence-electron chi connectivity index (χ1n) is 7.67. The molecule has 1 saturated carbocycles. The smallest absolute Gasteiger partial charge is 0.193 e. The van der Waals surface area contributed by atoms with Gasteiger partial charge in [0.2, 0.25) is 0 Å². The number of nitrogens with zero attached hydrogens (tertiary/aromatic N) is 4. The molecule has 120 valence electrons. The Morgan fingerprint density at radius 3 is 3.18 bits per heavy atom. The molecule has 1 aliphatic carbocycles. The van der Waals surface area contributed by atoms with Crippen LogP contribution in [0.3, 0.4) is 0 Å². The molecule has 22 heavy (non-hydrogen) atoms. The second-order valence-corrected chi connectivity index (χ2v) is 6.54. The van der Waals surface area contributed by atoms with Crippen LogP contribution < -0.4 is 5.32 Å². The van der Waals surface area contributed by atoms with E-state index in [1.54, 1.807) is 18.4 Å². The standard InChI is InChI=1S/C15H23N5OS/c1-16-14(19(2)5-7-21-11-12-3-4-12)17-9-13-10-20-6-8-22-15(20)18-13/h6,8,10,12H,3-5,7,9,11H2,1-2H3,(H,16,17). The van der Waals surface area contributed by atoms with Crippen LogP contribution in [0.25, 0.3) is 4.96 Å². The summed E-state index contributed by atoms with van der Waals surface area (Å²) in [6, 6.07) is 0. The molecule has 0 unspecified atom stereocenters. The molecule has 0 atom stereocenters. The molecule has 0 spiro atoms. The molecule has 2 aromatic rings. The van der Waals surface area contributed by atoms with Gasteiger partial charge in [-0.3, -0.25) is 9.39 Å². The number of ether oxygens (including phenoxy) is 1. The van der Waals surface area contributed by atoms with Gasteiger partial charge in [-0.25, -0.2) is 4.98 Å². The summed E-state index contributed by atoms with van der Waals surface area (Å²) >= 11 is 1.64. The van der Waals surface area contributed by atoms with Crippen LogP contribution in [-0.4, -0.2) is 54.1 Å². The van der Waals surface area contributed by atoms with E-state index in [0.29, 0.717) is 6.54 Å². The van der Waals surface area contributed by atoms with Crippen molar-refractivity contribution >= 4 is 22.3 Å². The molecule has 0 bridgehead atoms. The zero-order valence-corrected chi connectivity index (χ0v) is 14.0. The minimum Gasteiger partial charge on any atom is -0.379 e. The van der Waals surface area contributed by atoms with E-state index in [1.165, 1.54) is 12.8 Å². The quantitative estimate of drug-likeness (QED) is 0.480. The number of rotatable bonds is 7. The number of thiazole rings is 1. The molecule has 1 N–H and O–H groups in total. The van der Waals surface area contributed by atoms with Crippen LogP contribution in [0.15, 0.2) is 22.8 Å². The Morgan fingerprint density at radius 1 is 1.59 bits per heavy atom. The predicted octanol–water partition coefficient (Wildman–Crippen LogP) is 1.83. The Bertz CT molecular complexity index is 602. The van der Waals surface area contributed by atoms with Crippen molar-refractivity contribution in [2.45, 2.75) is 19.4 Å². The molecule has 0 amide bonds. The summed E-state index contributed by atoms with van der Waals surface area (Å²) in [4.78, 5) is 12.0. The van der Waals surface area contributed by atoms with E-state index in [-0.39, 0.29) is 0 Å². The third kappa shape index (κ3) is 3.98. The Hall–Kier alpha value is -1.60. The average molecular weight is 321 g/mol. The zero-order valence-electron chi connectivity index (χ0n) is 13.2. The van der Waals surface area contributed by atoms with E-state index >= 15 is 0 Å². The fraction of sp³-hybridized carbons (Fsp3) is 0.600. The van der Waals surface area contributed by atoms with Crippen LogP contribution >= 0.6 is 11.3 Å². The molecule has 6 nitrogen and oxygen atoms in total. The number of nitrogens with one attached hydrogen (secondary N) is 1. The summed E-state index contributed by atoms with van der Waals surface area (Å²) < 4.78 is 7.72. The summed E-state index contributed by atoms with van der Waals surface area (Å²) in [5, 5.41) is 5.38. The Morgan fingerprint density at radius 2 is 2.45 bits per heavy atom. The van der Waals surface area contributed by atoms with Crippen LogP contribution in [0.4, 0.5) is 0 Å². The highest BCUT2D eigenvalue weighted by Gasteiger charge is 2.21. The van der Waals surface area contributed by atoms with Gasteiger partial charge in [0.1, 0.15) is 0 Å². The largest absolute Gasteiger partial charge is 0.379 e. The van der Waals surface area contributed by atoms with E-state index in [9.17, 15) is 0 Å². The molecule has 2 aromatic heterocycles. The van der Waals surface area contributed by atoms with Crippen molar-refractivity contribution in [2.24, 2.45) is 10.9 Å². The number of imidazole rings is 1. The van der Waals surface area contributed by atoms with Crippen molar-refractivity contribution in [3.05, 3.63) is 23.5 Å².